The van der Waals surface area contributed by atoms with E-state index in [0.29, 0.717) is 5.82 Å². The summed E-state index contributed by atoms with van der Waals surface area (Å²) in [7, 11) is 0. The molecule has 1 fully saturated rings. The van der Waals surface area contributed by atoms with E-state index in [4.69, 9.17) is 33.0 Å². The van der Waals surface area contributed by atoms with Crippen LogP contribution in [0.3, 0.4) is 0 Å². The molecule has 0 saturated heterocycles. The third-order valence-electron chi connectivity index (χ3n) is 5.52. The highest BCUT2D eigenvalue weighted by Crippen LogP contribution is 2.38. The maximum Gasteiger partial charge on any atom is 0.152 e. The molecule has 1 aliphatic rings. The predicted molar refractivity (Wildman–Crippen MR) is 117 cm³/mol. The van der Waals surface area contributed by atoms with E-state index in [1.165, 1.54) is 5.56 Å². The molecule has 1 aliphatic carbocycles. The molecule has 1 saturated carbocycles. The second-order valence-electron chi connectivity index (χ2n) is 7.78. The van der Waals surface area contributed by atoms with Crippen LogP contribution < -0.4 is 11.5 Å². The Balaban J connectivity index is 1.80. The third-order valence-corrected chi connectivity index (χ3v) is 5.78. The van der Waals surface area contributed by atoms with Crippen molar-refractivity contribution in [3.05, 3.63) is 70.1 Å². The molecule has 0 radical (unpaired) electrons. The lowest BCUT2D eigenvalue weighted by molar-refractivity contribution is 0.256. The standard InChI is InChI=1S/C23H25ClN4/c1-15-5-11-20-18(14-15)22(19-4-2-3-13-23(19,25)26)28-21(27-20)12-8-16-6-9-17(24)10-7-16/h5-12,14,19H,2-4,13,25-26H2,1H3. The van der Waals surface area contributed by atoms with E-state index < -0.39 is 5.66 Å². The van der Waals surface area contributed by atoms with Crippen LogP contribution in [0.1, 0.15) is 54.2 Å². The summed E-state index contributed by atoms with van der Waals surface area (Å²) in [4.78, 5) is 9.66. The van der Waals surface area contributed by atoms with Crippen LogP contribution in [0.25, 0.3) is 23.1 Å². The van der Waals surface area contributed by atoms with Crippen LogP contribution in [-0.2, 0) is 0 Å². The number of hydrogen-bond acceptors (Lipinski definition) is 4. The van der Waals surface area contributed by atoms with Gasteiger partial charge in [0.05, 0.1) is 16.9 Å². The van der Waals surface area contributed by atoms with Gasteiger partial charge in [0.25, 0.3) is 0 Å². The van der Waals surface area contributed by atoms with Crippen molar-refractivity contribution in [2.45, 2.75) is 44.2 Å². The molecule has 144 valence electrons. The summed E-state index contributed by atoms with van der Waals surface area (Å²) < 4.78 is 0. The van der Waals surface area contributed by atoms with Gasteiger partial charge in [0.1, 0.15) is 0 Å². The Bertz CT molecular complexity index is 1020. The molecule has 4 nitrogen and oxygen atoms in total. The molecule has 4 rings (SSSR count). The monoisotopic (exact) mass is 392 g/mol. The van der Waals surface area contributed by atoms with Gasteiger partial charge in [-0.25, -0.2) is 9.97 Å². The first-order valence-electron chi connectivity index (χ1n) is 9.72. The fourth-order valence-electron chi connectivity index (χ4n) is 3.98. The predicted octanol–water partition coefficient (Wildman–Crippen LogP) is 5.03. The largest absolute Gasteiger partial charge is 0.313 e. The quantitative estimate of drug-likeness (QED) is 0.612. The molecular weight excluding hydrogens is 368 g/mol. The molecule has 1 aromatic heterocycles. The normalized spacial score (nSPS) is 19.4. The third kappa shape index (κ3) is 3.95. The average molecular weight is 393 g/mol. The van der Waals surface area contributed by atoms with Gasteiger partial charge < -0.3 is 11.5 Å². The number of hydrogen-bond donors (Lipinski definition) is 2. The van der Waals surface area contributed by atoms with Crippen LogP contribution in [-0.4, -0.2) is 15.6 Å². The number of aryl methyl sites for hydroxylation is 1. The van der Waals surface area contributed by atoms with Crippen LogP contribution in [0, 0.1) is 6.92 Å². The van der Waals surface area contributed by atoms with E-state index in [1.54, 1.807) is 0 Å². The van der Waals surface area contributed by atoms with Crippen molar-refractivity contribution >= 4 is 34.7 Å². The number of benzene rings is 2. The number of fused-ring (bicyclic) bond motifs is 1. The van der Waals surface area contributed by atoms with Gasteiger partial charge in [-0.05, 0) is 55.7 Å². The van der Waals surface area contributed by atoms with E-state index in [0.717, 1.165) is 52.9 Å². The minimum atomic E-state index is -0.736. The van der Waals surface area contributed by atoms with Crippen LogP contribution in [0.15, 0.2) is 42.5 Å². The van der Waals surface area contributed by atoms with Gasteiger partial charge in [-0.1, -0.05) is 54.3 Å². The lowest BCUT2D eigenvalue weighted by Crippen LogP contribution is -2.56. The zero-order valence-electron chi connectivity index (χ0n) is 16.0. The van der Waals surface area contributed by atoms with Crippen molar-refractivity contribution in [1.82, 2.24) is 9.97 Å². The number of nitrogens with two attached hydrogens (primary N) is 2. The van der Waals surface area contributed by atoms with E-state index in [2.05, 4.69) is 19.1 Å². The maximum atomic E-state index is 6.50. The minimum absolute atomic E-state index is 0.0243. The second-order valence-corrected chi connectivity index (χ2v) is 8.22. The first-order chi connectivity index (χ1) is 13.4. The Kier molecular flexibility index (Phi) is 5.19. The van der Waals surface area contributed by atoms with E-state index in [9.17, 15) is 0 Å². The van der Waals surface area contributed by atoms with Crippen LogP contribution in [0.2, 0.25) is 5.02 Å². The Hall–Kier alpha value is -2.27. The molecule has 0 bridgehead atoms. The molecular formula is C23H25ClN4. The van der Waals surface area contributed by atoms with Crippen LogP contribution in [0.5, 0.6) is 0 Å². The Morgan fingerprint density at radius 1 is 1.04 bits per heavy atom. The van der Waals surface area contributed by atoms with Crippen LogP contribution in [0.4, 0.5) is 0 Å². The Morgan fingerprint density at radius 3 is 2.57 bits per heavy atom. The summed E-state index contributed by atoms with van der Waals surface area (Å²) in [6, 6.07) is 13.9. The summed E-state index contributed by atoms with van der Waals surface area (Å²) in [6.07, 6.45) is 7.87. The summed E-state index contributed by atoms with van der Waals surface area (Å²) in [5.41, 5.74) is 16.4. The first kappa shape index (κ1) is 19.1. The van der Waals surface area contributed by atoms with Crippen molar-refractivity contribution in [1.29, 1.82) is 0 Å². The van der Waals surface area contributed by atoms with Crippen molar-refractivity contribution in [2.24, 2.45) is 11.5 Å². The number of aromatic nitrogens is 2. The molecule has 5 heteroatoms. The van der Waals surface area contributed by atoms with Gasteiger partial charge in [-0.15, -0.1) is 0 Å². The zero-order valence-corrected chi connectivity index (χ0v) is 16.8. The molecule has 3 aromatic rings. The summed E-state index contributed by atoms with van der Waals surface area (Å²) in [5, 5.41) is 1.77. The zero-order chi connectivity index (χ0) is 19.7. The number of halogens is 1. The second kappa shape index (κ2) is 7.63. The van der Waals surface area contributed by atoms with Crippen molar-refractivity contribution < 1.29 is 0 Å². The fraction of sp³-hybridized carbons (Fsp3) is 0.304. The van der Waals surface area contributed by atoms with Gasteiger partial charge >= 0.3 is 0 Å². The van der Waals surface area contributed by atoms with Gasteiger partial charge in [0.15, 0.2) is 5.82 Å². The van der Waals surface area contributed by atoms with E-state index in [-0.39, 0.29) is 5.92 Å². The minimum Gasteiger partial charge on any atom is -0.313 e. The smallest absolute Gasteiger partial charge is 0.152 e. The SMILES string of the molecule is Cc1ccc2nc(C=Cc3ccc(Cl)cc3)nc(C3CCCCC3(N)N)c2c1. The van der Waals surface area contributed by atoms with E-state index >= 15 is 0 Å². The number of rotatable bonds is 3. The number of nitrogens with zero attached hydrogens (tertiary/aromatic N) is 2. The summed E-state index contributed by atoms with van der Waals surface area (Å²) >= 11 is 5.97. The highest BCUT2D eigenvalue weighted by Gasteiger charge is 2.36. The Labute approximate surface area is 170 Å². The van der Waals surface area contributed by atoms with Gasteiger partial charge in [-0.3, -0.25) is 0 Å². The highest BCUT2D eigenvalue weighted by atomic mass is 35.5. The topological polar surface area (TPSA) is 77.8 Å². The molecule has 0 amide bonds. The molecule has 28 heavy (non-hydrogen) atoms. The van der Waals surface area contributed by atoms with Gasteiger partial charge in [0.2, 0.25) is 0 Å². The highest BCUT2D eigenvalue weighted by molar-refractivity contribution is 6.30. The van der Waals surface area contributed by atoms with Crippen molar-refractivity contribution in [2.75, 3.05) is 0 Å². The molecule has 2 aromatic carbocycles. The molecule has 1 atom stereocenters. The van der Waals surface area contributed by atoms with Gasteiger partial charge in [0, 0.05) is 16.3 Å². The molecule has 1 heterocycles. The first-order valence-corrected chi connectivity index (χ1v) is 10.1. The summed E-state index contributed by atoms with van der Waals surface area (Å²) in [6.45, 7) is 2.08. The Morgan fingerprint density at radius 2 is 1.82 bits per heavy atom. The molecule has 0 spiro atoms. The van der Waals surface area contributed by atoms with Crippen LogP contribution >= 0.6 is 11.6 Å². The van der Waals surface area contributed by atoms with Gasteiger partial charge in [-0.2, -0.15) is 0 Å². The van der Waals surface area contributed by atoms with E-state index in [1.807, 2.05) is 42.5 Å². The molecule has 1 unspecified atom stereocenters. The fourth-order valence-corrected chi connectivity index (χ4v) is 4.11. The maximum absolute atomic E-state index is 6.50. The van der Waals surface area contributed by atoms with Crippen molar-refractivity contribution in [3.8, 4) is 0 Å². The molecule has 4 N–H and O–H groups in total. The lowest BCUT2D eigenvalue weighted by atomic mass is 9.77. The summed E-state index contributed by atoms with van der Waals surface area (Å²) in [5.74, 6) is 0.693. The lowest BCUT2D eigenvalue weighted by Gasteiger charge is -2.38. The van der Waals surface area contributed by atoms with Crippen molar-refractivity contribution in [3.63, 3.8) is 0 Å². The molecule has 0 aliphatic heterocycles. The average Bonchev–Trinajstić information content (AvgIpc) is 2.67.